The molecule has 1 aliphatic rings. The number of hydrogen-bond donors (Lipinski definition) is 0. The highest BCUT2D eigenvalue weighted by molar-refractivity contribution is 7.89. The van der Waals surface area contributed by atoms with E-state index in [1.165, 1.54) is 16.4 Å². The van der Waals surface area contributed by atoms with Crippen molar-refractivity contribution >= 4 is 21.6 Å². The van der Waals surface area contributed by atoms with Crippen LogP contribution in [0, 0.1) is 18.7 Å². The number of piperidine rings is 1. The maximum Gasteiger partial charge on any atom is 0.243 e. The summed E-state index contributed by atoms with van der Waals surface area (Å²) in [7, 11) is -3.66. The molecule has 1 aliphatic heterocycles. The highest BCUT2D eigenvalue weighted by Gasteiger charge is 2.33. The first-order valence-corrected chi connectivity index (χ1v) is 8.10. The van der Waals surface area contributed by atoms with Crippen molar-refractivity contribution in [2.75, 3.05) is 13.1 Å². The first-order valence-electron chi connectivity index (χ1n) is 6.22. The molecule has 0 bridgehead atoms. The molecule has 1 fully saturated rings. The van der Waals surface area contributed by atoms with Crippen LogP contribution in [0.25, 0.3) is 0 Å². The number of nitrogens with zero attached hydrogens (tertiary/aromatic N) is 1. The van der Waals surface area contributed by atoms with Crippen LogP contribution in [0.15, 0.2) is 23.1 Å². The summed E-state index contributed by atoms with van der Waals surface area (Å²) in [4.78, 5) is 0.0333. The summed E-state index contributed by atoms with van der Waals surface area (Å²) in [6.07, 6.45) is 0.724. The van der Waals surface area contributed by atoms with Gasteiger partial charge in [-0.2, -0.15) is 4.31 Å². The molecule has 0 N–H and O–H groups in total. The average Bonchev–Trinajstić information content (AvgIpc) is 2.35. The molecule has 2 rings (SSSR count). The molecule has 1 aromatic carbocycles. The second kappa shape index (κ2) is 5.38. The van der Waals surface area contributed by atoms with E-state index in [1.807, 2.05) is 6.92 Å². The van der Waals surface area contributed by atoms with E-state index in [9.17, 15) is 12.8 Å². The van der Waals surface area contributed by atoms with E-state index in [4.69, 9.17) is 11.6 Å². The van der Waals surface area contributed by atoms with Crippen LogP contribution < -0.4 is 0 Å². The SMILES string of the molecule is Cc1ccc(F)cc1S(=O)(=O)N1CCC(C)C(Cl)C1. The lowest BCUT2D eigenvalue weighted by Crippen LogP contribution is -2.43. The molecule has 1 heterocycles. The van der Waals surface area contributed by atoms with Crippen molar-refractivity contribution in [2.24, 2.45) is 5.92 Å². The first kappa shape index (κ1) is 14.8. The number of benzene rings is 1. The van der Waals surface area contributed by atoms with Gasteiger partial charge in [-0.15, -0.1) is 11.6 Å². The summed E-state index contributed by atoms with van der Waals surface area (Å²) in [6, 6.07) is 3.82. The summed E-state index contributed by atoms with van der Waals surface area (Å²) in [5.74, 6) is -0.251. The number of sulfonamides is 1. The molecule has 106 valence electrons. The van der Waals surface area contributed by atoms with Gasteiger partial charge in [0, 0.05) is 18.5 Å². The Morgan fingerprint density at radius 2 is 2.11 bits per heavy atom. The predicted molar refractivity (Wildman–Crippen MR) is 73.3 cm³/mol. The molecule has 2 atom stereocenters. The van der Waals surface area contributed by atoms with Crippen molar-refractivity contribution in [3.63, 3.8) is 0 Å². The molecule has 6 heteroatoms. The maximum absolute atomic E-state index is 13.3. The van der Waals surface area contributed by atoms with Gasteiger partial charge in [-0.1, -0.05) is 13.0 Å². The molecule has 2 unspecified atom stereocenters. The fourth-order valence-electron chi connectivity index (χ4n) is 2.20. The molecule has 0 saturated carbocycles. The minimum absolute atomic E-state index is 0.0333. The zero-order valence-corrected chi connectivity index (χ0v) is 12.5. The Morgan fingerprint density at radius 1 is 1.42 bits per heavy atom. The Hall–Kier alpha value is -0.650. The van der Waals surface area contributed by atoms with Crippen molar-refractivity contribution in [3.8, 4) is 0 Å². The van der Waals surface area contributed by atoms with Gasteiger partial charge in [0.25, 0.3) is 0 Å². The van der Waals surface area contributed by atoms with Gasteiger partial charge in [-0.3, -0.25) is 0 Å². The van der Waals surface area contributed by atoms with Crippen molar-refractivity contribution < 1.29 is 12.8 Å². The standard InChI is InChI=1S/C13H17ClFNO2S/c1-9-5-6-16(8-12(9)14)19(17,18)13-7-11(15)4-3-10(13)2/h3-4,7,9,12H,5-6,8H2,1-2H3. The molecular weight excluding hydrogens is 289 g/mol. The Labute approximate surface area is 118 Å². The van der Waals surface area contributed by atoms with Crippen molar-refractivity contribution in [1.29, 1.82) is 0 Å². The monoisotopic (exact) mass is 305 g/mol. The van der Waals surface area contributed by atoms with Crippen LogP contribution in [0.4, 0.5) is 4.39 Å². The predicted octanol–water partition coefficient (Wildman–Crippen LogP) is 2.77. The molecule has 0 aliphatic carbocycles. The van der Waals surface area contributed by atoms with Crippen molar-refractivity contribution in [1.82, 2.24) is 4.31 Å². The highest BCUT2D eigenvalue weighted by atomic mass is 35.5. The van der Waals surface area contributed by atoms with Gasteiger partial charge in [0.2, 0.25) is 10.0 Å². The fraction of sp³-hybridized carbons (Fsp3) is 0.538. The number of aryl methyl sites for hydroxylation is 1. The van der Waals surface area contributed by atoms with Crippen LogP contribution in [0.5, 0.6) is 0 Å². The largest absolute Gasteiger partial charge is 0.243 e. The third kappa shape index (κ3) is 2.93. The second-order valence-electron chi connectivity index (χ2n) is 5.05. The molecule has 1 aromatic rings. The van der Waals surface area contributed by atoms with E-state index in [0.717, 1.165) is 12.5 Å². The molecule has 0 aromatic heterocycles. The first-order chi connectivity index (χ1) is 8.82. The van der Waals surface area contributed by atoms with E-state index >= 15 is 0 Å². The topological polar surface area (TPSA) is 37.4 Å². The highest BCUT2D eigenvalue weighted by Crippen LogP contribution is 2.28. The molecular formula is C13H17ClFNO2S. The van der Waals surface area contributed by atoms with E-state index in [-0.39, 0.29) is 16.8 Å². The van der Waals surface area contributed by atoms with Crippen LogP contribution in [0.2, 0.25) is 0 Å². The zero-order chi connectivity index (χ0) is 14.2. The van der Waals surface area contributed by atoms with E-state index in [1.54, 1.807) is 6.92 Å². The van der Waals surface area contributed by atoms with Gasteiger partial charge in [-0.25, -0.2) is 12.8 Å². The minimum atomic E-state index is -3.66. The summed E-state index contributed by atoms with van der Waals surface area (Å²) < 4.78 is 39.7. The zero-order valence-electron chi connectivity index (χ0n) is 10.9. The smallest absolute Gasteiger partial charge is 0.207 e. The lowest BCUT2D eigenvalue weighted by molar-refractivity contribution is 0.293. The number of halogens is 2. The number of hydrogen-bond acceptors (Lipinski definition) is 2. The van der Waals surface area contributed by atoms with Crippen molar-refractivity contribution in [3.05, 3.63) is 29.6 Å². The van der Waals surface area contributed by atoms with Crippen LogP contribution in [0.1, 0.15) is 18.9 Å². The quantitative estimate of drug-likeness (QED) is 0.788. The molecule has 1 saturated heterocycles. The van der Waals surface area contributed by atoms with Gasteiger partial charge in [0.1, 0.15) is 5.82 Å². The van der Waals surface area contributed by atoms with Crippen LogP contribution >= 0.6 is 11.6 Å². The van der Waals surface area contributed by atoms with Gasteiger partial charge in [0.05, 0.1) is 4.90 Å². The third-order valence-electron chi connectivity index (χ3n) is 3.60. The Morgan fingerprint density at radius 3 is 2.74 bits per heavy atom. The Kier molecular flexibility index (Phi) is 4.18. The summed E-state index contributed by atoms with van der Waals surface area (Å²) in [5.41, 5.74) is 0.547. The number of rotatable bonds is 2. The summed E-state index contributed by atoms with van der Waals surface area (Å²) in [5, 5.41) is -0.197. The molecule has 19 heavy (non-hydrogen) atoms. The van der Waals surface area contributed by atoms with Gasteiger partial charge < -0.3 is 0 Å². The molecule has 0 spiro atoms. The minimum Gasteiger partial charge on any atom is -0.207 e. The van der Waals surface area contributed by atoms with E-state index in [0.29, 0.717) is 18.0 Å². The maximum atomic E-state index is 13.3. The van der Waals surface area contributed by atoms with Gasteiger partial charge >= 0.3 is 0 Å². The molecule has 3 nitrogen and oxygen atoms in total. The van der Waals surface area contributed by atoms with E-state index in [2.05, 4.69) is 0 Å². The van der Waals surface area contributed by atoms with Crippen LogP contribution in [-0.2, 0) is 10.0 Å². The third-order valence-corrected chi connectivity index (χ3v) is 6.17. The van der Waals surface area contributed by atoms with Crippen molar-refractivity contribution in [2.45, 2.75) is 30.5 Å². The Balaban J connectivity index is 2.35. The number of alkyl halides is 1. The normalized spacial score (nSPS) is 25.5. The lowest BCUT2D eigenvalue weighted by atomic mass is 10.0. The summed E-state index contributed by atoms with van der Waals surface area (Å²) in [6.45, 7) is 4.38. The lowest BCUT2D eigenvalue weighted by Gasteiger charge is -2.33. The van der Waals surface area contributed by atoms with E-state index < -0.39 is 15.8 Å². The Bertz CT molecular complexity index is 576. The average molecular weight is 306 g/mol. The van der Waals surface area contributed by atoms with Crippen LogP contribution in [-0.4, -0.2) is 31.2 Å². The molecule has 0 radical (unpaired) electrons. The van der Waals surface area contributed by atoms with Gasteiger partial charge in [-0.05, 0) is 37.0 Å². The summed E-state index contributed by atoms with van der Waals surface area (Å²) >= 11 is 6.15. The second-order valence-corrected chi connectivity index (χ2v) is 7.52. The van der Waals surface area contributed by atoms with Crippen LogP contribution in [0.3, 0.4) is 0 Å². The van der Waals surface area contributed by atoms with Gasteiger partial charge in [0.15, 0.2) is 0 Å². The fourth-order valence-corrected chi connectivity index (χ4v) is 4.30. The molecule has 0 amide bonds.